The molecule has 0 saturated heterocycles. The van der Waals surface area contributed by atoms with Crippen LogP contribution in [0.3, 0.4) is 0 Å². The molecule has 3 nitrogen and oxygen atoms in total. The van der Waals surface area contributed by atoms with Crippen LogP contribution in [0.1, 0.15) is 46.0 Å². The van der Waals surface area contributed by atoms with Gasteiger partial charge in [0.25, 0.3) is 0 Å². The number of carbonyl (C=O) groups is 1. The van der Waals surface area contributed by atoms with Crippen molar-refractivity contribution in [1.82, 2.24) is 0 Å². The molecule has 0 spiro atoms. The predicted octanol–water partition coefficient (Wildman–Crippen LogP) is 2.50. The fourth-order valence-corrected chi connectivity index (χ4v) is 5.48. The maximum Gasteiger partial charge on any atom is 0.324 e. The van der Waals surface area contributed by atoms with E-state index in [4.69, 9.17) is 5.73 Å². The molecule has 0 aliphatic heterocycles. The molecule has 4 aliphatic carbocycles. The molecule has 18 heavy (non-hydrogen) atoms. The highest BCUT2D eigenvalue weighted by Crippen LogP contribution is 2.59. The number of rotatable bonds is 3. The number of carboxylic acids is 1. The Morgan fingerprint density at radius 2 is 1.56 bits per heavy atom. The zero-order chi connectivity index (χ0) is 13.1. The van der Waals surface area contributed by atoms with Crippen LogP contribution in [0.5, 0.6) is 0 Å². The number of hydrogen-bond donors (Lipinski definition) is 2. The van der Waals surface area contributed by atoms with Crippen molar-refractivity contribution in [3.63, 3.8) is 0 Å². The van der Waals surface area contributed by atoms with E-state index in [0.29, 0.717) is 11.8 Å². The Kier molecular flexibility index (Phi) is 2.74. The van der Waals surface area contributed by atoms with Crippen molar-refractivity contribution in [2.24, 2.45) is 41.2 Å². The Balaban J connectivity index is 1.94. The first kappa shape index (κ1) is 12.5. The molecule has 102 valence electrons. The SMILES string of the molecule is CC(C)C(N)(C(=O)O)C1C2CC3CC(C2)CC1C3. The minimum absolute atomic E-state index is 0.0116. The Hall–Kier alpha value is -0.570. The molecule has 3 heteroatoms. The van der Waals surface area contributed by atoms with Crippen molar-refractivity contribution in [2.45, 2.75) is 51.5 Å². The molecule has 0 heterocycles. The molecule has 4 fully saturated rings. The largest absolute Gasteiger partial charge is 0.480 e. The standard InChI is InChI=1S/C15H25NO2/c1-8(2)15(16,14(17)18)13-11-4-9-3-10(6-11)7-12(13)5-9/h8-13H,3-7,16H2,1-2H3,(H,17,18). The highest BCUT2D eigenvalue weighted by atomic mass is 16.4. The Labute approximate surface area is 109 Å². The van der Waals surface area contributed by atoms with Gasteiger partial charge in [0.2, 0.25) is 0 Å². The van der Waals surface area contributed by atoms with Gasteiger partial charge in [0.1, 0.15) is 5.54 Å². The van der Waals surface area contributed by atoms with Gasteiger partial charge in [-0.1, -0.05) is 13.8 Å². The first-order chi connectivity index (χ1) is 8.42. The Morgan fingerprint density at radius 1 is 1.11 bits per heavy atom. The van der Waals surface area contributed by atoms with Gasteiger partial charge in [0.15, 0.2) is 0 Å². The lowest BCUT2D eigenvalue weighted by molar-refractivity contribution is -0.158. The molecular formula is C15H25NO2. The monoisotopic (exact) mass is 251 g/mol. The van der Waals surface area contributed by atoms with Gasteiger partial charge in [0, 0.05) is 0 Å². The molecule has 1 atom stereocenters. The van der Waals surface area contributed by atoms with E-state index >= 15 is 0 Å². The van der Waals surface area contributed by atoms with Gasteiger partial charge in [-0.3, -0.25) is 4.79 Å². The highest BCUT2D eigenvalue weighted by molar-refractivity contribution is 5.79. The second-order valence-corrected chi connectivity index (χ2v) is 7.35. The summed E-state index contributed by atoms with van der Waals surface area (Å²) in [5.41, 5.74) is 5.40. The quantitative estimate of drug-likeness (QED) is 0.810. The van der Waals surface area contributed by atoms with Crippen molar-refractivity contribution in [1.29, 1.82) is 0 Å². The van der Waals surface area contributed by atoms with Gasteiger partial charge in [-0.2, -0.15) is 0 Å². The lowest BCUT2D eigenvalue weighted by Crippen LogP contribution is -2.65. The van der Waals surface area contributed by atoms with E-state index in [0.717, 1.165) is 11.8 Å². The van der Waals surface area contributed by atoms with Crippen molar-refractivity contribution >= 4 is 5.97 Å². The summed E-state index contributed by atoms with van der Waals surface area (Å²) >= 11 is 0. The molecule has 0 amide bonds. The summed E-state index contributed by atoms with van der Waals surface area (Å²) in [7, 11) is 0. The summed E-state index contributed by atoms with van der Waals surface area (Å²) in [5, 5.41) is 9.66. The van der Waals surface area contributed by atoms with Crippen LogP contribution in [0, 0.1) is 35.5 Å². The number of aliphatic carboxylic acids is 1. The molecular weight excluding hydrogens is 226 g/mol. The van der Waals surface area contributed by atoms with Crippen LogP contribution >= 0.6 is 0 Å². The Bertz CT molecular complexity index is 338. The average molecular weight is 251 g/mol. The normalized spacial score (nSPS) is 45.2. The number of carboxylic acid groups (broad SMARTS) is 1. The second kappa shape index (κ2) is 3.96. The van der Waals surface area contributed by atoms with Crippen LogP contribution in [0.25, 0.3) is 0 Å². The summed E-state index contributed by atoms with van der Waals surface area (Å²) in [6.07, 6.45) is 6.33. The topological polar surface area (TPSA) is 63.3 Å². The van der Waals surface area contributed by atoms with Crippen molar-refractivity contribution in [3.8, 4) is 0 Å². The fourth-order valence-electron chi connectivity index (χ4n) is 5.48. The van der Waals surface area contributed by atoms with Gasteiger partial charge in [0.05, 0.1) is 0 Å². The summed E-state index contributed by atoms with van der Waals surface area (Å²) in [4.78, 5) is 11.8. The van der Waals surface area contributed by atoms with Crippen LogP contribution < -0.4 is 5.73 Å². The summed E-state index contributed by atoms with van der Waals surface area (Å²) in [5.74, 6) is 2.33. The van der Waals surface area contributed by atoms with Gasteiger partial charge >= 0.3 is 5.97 Å². The average Bonchev–Trinajstić information content (AvgIpc) is 2.26. The van der Waals surface area contributed by atoms with Gasteiger partial charge in [-0.25, -0.2) is 0 Å². The van der Waals surface area contributed by atoms with E-state index in [1.54, 1.807) is 0 Å². The van der Waals surface area contributed by atoms with E-state index < -0.39 is 11.5 Å². The predicted molar refractivity (Wildman–Crippen MR) is 69.9 cm³/mol. The van der Waals surface area contributed by atoms with Crippen molar-refractivity contribution in [3.05, 3.63) is 0 Å². The second-order valence-electron chi connectivity index (χ2n) is 7.35. The van der Waals surface area contributed by atoms with Crippen LogP contribution in [0.2, 0.25) is 0 Å². The summed E-state index contributed by atoms with van der Waals surface area (Å²) in [6, 6.07) is 0. The molecule has 0 radical (unpaired) electrons. The molecule has 4 rings (SSSR count). The molecule has 4 saturated carbocycles. The number of hydrogen-bond acceptors (Lipinski definition) is 2. The molecule has 1 unspecified atom stereocenters. The van der Waals surface area contributed by atoms with Crippen LogP contribution in [0.4, 0.5) is 0 Å². The molecule has 0 aromatic heterocycles. The minimum Gasteiger partial charge on any atom is -0.480 e. The molecule has 0 aromatic rings. The maximum absolute atomic E-state index is 11.8. The number of nitrogens with two attached hydrogens (primary N) is 1. The molecule has 4 aliphatic rings. The molecule has 4 bridgehead atoms. The lowest BCUT2D eigenvalue weighted by Gasteiger charge is -2.58. The van der Waals surface area contributed by atoms with E-state index in [1.165, 1.54) is 32.1 Å². The zero-order valence-electron chi connectivity index (χ0n) is 11.4. The van der Waals surface area contributed by atoms with Crippen LogP contribution in [0.15, 0.2) is 0 Å². The third-order valence-electron chi connectivity index (χ3n) is 6.10. The maximum atomic E-state index is 11.8. The van der Waals surface area contributed by atoms with Crippen molar-refractivity contribution in [2.75, 3.05) is 0 Å². The first-order valence-corrected chi connectivity index (χ1v) is 7.45. The smallest absolute Gasteiger partial charge is 0.324 e. The summed E-state index contributed by atoms with van der Waals surface area (Å²) < 4.78 is 0. The van der Waals surface area contributed by atoms with Gasteiger partial charge < -0.3 is 10.8 Å². The zero-order valence-corrected chi connectivity index (χ0v) is 11.4. The third kappa shape index (κ3) is 1.56. The summed E-state index contributed by atoms with van der Waals surface area (Å²) in [6.45, 7) is 3.94. The van der Waals surface area contributed by atoms with Gasteiger partial charge in [-0.15, -0.1) is 0 Å². The van der Waals surface area contributed by atoms with E-state index in [-0.39, 0.29) is 11.8 Å². The third-order valence-corrected chi connectivity index (χ3v) is 6.10. The van der Waals surface area contributed by atoms with Crippen molar-refractivity contribution < 1.29 is 9.90 Å². The minimum atomic E-state index is -1.01. The molecule has 3 N–H and O–H groups in total. The lowest BCUT2D eigenvalue weighted by atomic mass is 9.47. The highest BCUT2D eigenvalue weighted by Gasteiger charge is 2.58. The molecule has 0 aromatic carbocycles. The van der Waals surface area contributed by atoms with E-state index in [1.807, 2.05) is 13.8 Å². The van der Waals surface area contributed by atoms with Gasteiger partial charge in [-0.05, 0) is 67.6 Å². The van der Waals surface area contributed by atoms with Crippen LogP contribution in [-0.4, -0.2) is 16.6 Å². The fraction of sp³-hybridized carbons (Fsp3) is 0.933. The first-order valence-electron chi connectivity index (χ1n) is 7.45. The van der Waals surface area contributed by atoms with E-state index in [2.05, 4.69) is 0 Å². The van der Waals surface area contributed by atoms with E-state index in [9.17, 15) is 9.90 Å². The Morgan fingerprint density at radius 3 is 1.89 bits per heavy atom. The van der Waals surface area contributed by atoms with Crippen LogP contribution in [-0.2, 0) is 4.79 Å².